The molecule has 58 heavy (non-hydrogen) atoms. The van der Waals surface area contributed by atoms with Crippen molar-refractivity contribution in [3.05, 3.63) is 29.3 Å². The second-order valence-electron chi connectivity index (χ2n) is 17.8. The van der Waals surface area contributed by atoms with Gasteiger partial charge in [-0.3, -0.25) is 9.59 Å². The Hall–Kier alpha value is -2.04. The summed E-state index contributed by atoms with van der Waals surface area (Å²) in [5, 5.41) is 6.26. The first kappa shape index (κ1) is 54.0. The van der Waals surface area contributed by atoms with Crippen LogP contribution in [0.25, 0.3) is 0 Å². The summed E-state index contributed by atoms with van der Waals surface area (Å²) in [5.74, 6) is 0.358. The number of amides is 2. The fourth-order valence-electron chi connectivity index (χ4n) is 8.16. The third-order valence-corrected chi connectivity index (χ3v) is 12.1. The molecule has 0 aliphatic rings. The van der Waals surface area contributed by atoms with E-state index in [9.17, 15) is 9.59 Å². The first-order valence-corrected chi connectivity index (χ1v) is 26.0. The second kappa shape index (κ2) is 43.1. The molecule has 0 bridgehead atoms. The molecule has 2 N–H and O–H groups in total. The molecule has 0 spiro atoms. The molecule has 0 heterocycles. The highest BCUT2D eigenvalue weighted by Gasteiger charge is 2.16. The molecule has 1 aromatic rings. The summed E-state index contributed by atoms with van der Waals surface area (Å²) in [6.07, 6.45) is 51.2. The zero-order valence-corrected chi connectivity index (χ0v) is 39.2. The standard InChI is InChI=1S/C53H98N2O3/c1-4-7-10-13-16-19-22-24-26-28-31-34-37-40-45-54-52(56)49-43-44-50(51(48-49)58-47-42-39-36-33-30-21-18-15-12-9-6-3)53(57)55-46-41-38-35-32-29-27-25-23-20-17-14-11-8-5-2/h43-44,48H,4-42,45-47H2,1-3H3,(H,54,56)(H,55,57). The lowest BCUT2D eigenvalue weighted by atomic mass is 10.0. The van der Waals surface area contributed by atoms with Gasteiger partial charge in [-0.1, -0.05) is 252 Å². The van der Waals surface area contributed by atoms with E-state index in [1.165, 1.54) is 212 Å². The average Bonchev–Trinajstić information content (AvgIpc) is 3.23. The van der Waals surface area contributed by atoms with Crippen LogP contribution >= 0.6 is 0 Å². The van der Waals surface area contributed by atoms with Gasteiger partial charge in [0.1, 0.15) is 5.75 Å². The number of carbonyl (C=O) groups excluding carboxylic acids is 2. The predicted molar refractivity (Wildman–Crippen MR) is 254 cm³/mol. The topological polar surface area (TPSA) is 67.4 Å². The van der Waals surface area contributed by atoms with E-state index in [0.29, 0.717) is 36.6 Å². The predicted octanol–water partition coefficient (Wildman–Crippen LogP) is 16.8. The molecule has 0 fully saturated rings. The summed E-state index contributed by atoms with van der Waals surface area (Å²) in [7, 11) is 0. The van der Waals surface area contributed by atoms with E-state index in [4.69, 9.17) is 4.74 Å². The molecule has 0 saturated carbocycles. The number of carbonyl (C=O) groups is 2. The Bertz CT molecular complexity index is 1040. The molecule has 5 nitrogen and oxygen atoms in total. The van der Waals surface area contributed by atoms with E-state index in [1.54, 1.807) is 18.2 Å². The van der Waals surface area contributed by atoms with Crippen molar-refractivity contribution >= 4 is 11.8 Å². The largest absolute Gasteiger partial charge is 0.493 e. The zero-order valence-electron chi connectivity index (χ0n) is 39.2. The van der Waals surface area contributed by atoms with Crippen molar-refractivity contribution in [2.24, 2.45) is 0 Å². The van der Waals surface area contributed by atoms with Gasteiger partial charge in [-0.25, -0.2) is 0 Å². The van der Waals surface area contributed by atoms with E-state index in [1.807, 2.05) is 0 Å². The maximum atomic E-state index is 13.3. The van der Waals surface area contributed by atoms with Crippen LogP contribution in [0.15, 0.2) is 18.2 Å². The number of benzene rings is 1. The van der Waals surface area contributed by atoms with E-state index < -0.39 is 0 Å². The van der Waals surface area contributed by atoms with E-state index >= 15 is 0 Å². The van der Waals surface area contributed by atoms with Crippen LogP contribution in [0.1, 0.15) is 292 Å². The SMILES string of the molecule is CCCCCCCCCCCCCCCCNC(=O)c1ccc(C(=O)NCCCCCCCCCCCCCCCC)c(OCCCCCCCCCCCCC)c1. The highest BCUT2D eigenvalue weighted by molar-refractivity contribution is 6.00. The molecular formula is C53H98N2O3. The Morgan fingerprint density at radius 1 is 0.379 bits per heavy atom. The summed E-state index contributed by atoms with van der Waals surface area (Å²) in [4.78, 5) is 26.5. The second-order valence-corrected chi connectivity index (χ2v) is 17.8. The average molecular weight is 811 g/mol. The van der Waals surface area contributed by atoms with Gasteiger partial charge in [0.15, 0.2) is 0 Å². The van der Waals surface area contributed by atoms with Crippen molar-refractivity contribution in [1.29, 1.82) is 0 Å². The zero-order chi connectivity index (χ0) is 41.8. The summed E-state index contributed by atoms with van der Waals surface area (Å²) in [6.45, 7) is 8.78. The third kappa shape index (κ3) is 33.8. The molecule has 0 unspecified atom stereocenters. The highest BCUT2D eigenvalue weighted by atomic mass is 16.5. The maximum absolute atomic E-state index is 13.3. The number of hydrogen-bond donors (Lipinski definition) is 2. The molecule has 0 aliphatic carbocycles. The Kier molecular flexibility index (Phi) is 40.1. The smallest absolute Gasteiger partial charge is 0.255 e. The van der Waals surface area contributed by atoms with Crippen LogP contribution in [0.5, 0.6) is 5.75 Å². The van der Waals surface area contributed by atoms with Crippen LogP contribution in [-0.2, 0) is 0 Å². The fraction of sp³-hybridized carbons (Fsp3) is 0.849. The van der Waals surface area contributed by atoms with Crippen LogP contribution in [0.3, 0.4) is 0 Å². The first-order valence-electron chi connectivity index (χ1n) is 26.0. The summed E-state index contributed by atoms with van der Waals surface area (Å²) < 4.78 is 6.25. The van der Waals surface area contributed by atoms with Gasteiger partial charge in [-0.05, 0) is 37.5 Å². The van der Waals surface area contributed by atoms with Crippen LogP contribution in [-0.4, -0.2) is 31.5 Å². The summed E-state index contributed by atoms with van der Waals surface area (Å²) in [6, 6.07) is 5.37. The normalized spacial score (nSPS) is 11.3. The van der Waals surface area contributed by atoms with Gasteiger partial charge in [-0.15, -0.1) is 0 Å². The van der Waals surface area contributed by atoms with Crippen LogP contribution in [0.2, 0.25) is 0 Å². The summed E-state index contributed by atoms with van der Waals surface area (Å²) in [5.41, 5.74) is 1.11. The summed E-state index contributed by atoms with van der Waals surface area (Å²) >= 11 is 0. The van der Waals surface area contributed by atoms with Gasteiger partial charge in [-0.2, -0.15) is 0 Å². The molecule has 0 saturated heterocycles. The molecule has 1 rings (SSSR count). The van der Waals surface area contributed by atoms with Gasteiger partial charge >= 0.3 is 0 Å². The number of rotatable bonds is 45. The van der Waals surface area contributed by atoms with Crippen molar-refractivity contribution in [3.63, 3.8) is 0 Å². The van der Waals surface area contributed by atoms with Crippen LogP contribution in [0.4, 0.5) is 0 Å². The maximum Gasteiger partial charge on any atom is 0.255 e. The van der Waals surface area contributed by atoms with Gasteiger partial charge < -0.3 is 15.4 Å². The minimum Gasteiger partial charge on any atom is -0.493 e. The van der Waals surface area contributed by atoms with E-state index in [0.717, 1.165) is 38.5 Å². The molecule has 5 heteroatoms. The number of ether oxygens (including phenoxy) is 1. The van der Waals surface area contributed by atoms with Gasteiger partial charge in [0.05, 0.1) is 12.2 Å². The molecule has 0 aliphatic heterocycles. The number of hydrogen-bond acceptors (Lipinski definition) is 3. The minimum absolute atomic E-state index is 0.0800. The Morgan fingerprint density at radius 2 is 0.672 bits per heavy atom. The molecule has 0 atom stereocenters. The molecule has 338 valence electrons. The highest BCUT2D eigenvalue weighted by Crippen LogP contribution is 2.22. The third-order valence-electron chi connectivity index (χ3n) is 12.1. The molecule has 0 aromatic heterocycles. The lowest BCUT2D eigenvalue weighted by Crippen LogP contribution is -2.26. The van der Waals surface area contributed by atoms with Crippen molar-refractivity contribution < 1.29 is 14.3 Å². The minimum atomic E-state index is -0.0991. The first-order chi connectivity index (χ1) is 28.6. The molecular weight excluding hydrogens is 713 g/mol. The van der Waals surface area contributed by atoms with Crippen molar-refractivity contribution in [3.8, 4) is 5.75 Å². The lowest BCUT2D eigenvalue weighted by molar-refractivity contribution is 0.0937. The molecule has 2 amide bonds. The van der Waals surface area contributed by atoms with Crippen LogP contribution < -0.4 is 15.4 Å². The monoisotopic (exact) mass is 811 g/mol. The van der Waals surface area contributed by atoms with Gasteiger partial charge in [0.2, 0.25) is 0 Å². The quantitative estimate of drug-likeness (QED) is 0.0645. The molecule has 1 aromatic carbocycles. The van der Waals surface area contributed by atoms with Gasteiger partial charge in [0, 0.05) is 18.7 Å². The Morgan fingerprint density at radius 3 is 1.02 bits per heavy atom. The van der Waals surface area contributed by atoms with Crippen molar-refractivity contribution in [1.82, 2.24) is 10.6 Å². The van der Waals surface area contributed by atoms with Gasteiger partial charge in [0.25, 0.3) is 11.8 Å². The van der Waals surface area contributed by atoms with Crippen LogP contribution in [0, 0.1) is 0 Å². The fourth-order valence-corrected chi connectivity index (χ4v) is 8.16. The van der Waals surface area contributed by atoms with E-state index in [2.05, 4.69) is 31.4 Å². The van der Waals surface area contributed by atoms with Crippen molar-refractivity contribution in [2.75, 3.05) is 19.7 Å². The lowest BCUT2D eigenvalue weighted by Gasteiger charge is -2.14. The van der Waals surface area contributed by atoms with E-state index in [-0.39, 0.29) is 11.8 Å². The number of unbranched alkanes of at least 4 members (excludes halogenated alkanes) is 36. The Labute approximate surface area is 361 Å². The molecule has 0 radical (unpaired) electrons. The Balaban J connectivity index is 2.40. The van der Waals surface area contributed by atoms with Crippen molar-refractivity contribution in [2.45, 2.75) is 271 Å². The number of nitrogens with one attached hydrogen (secondary N) is 2.